The number of aryl methyl sites for hydroxylation is 1. The molecule has 2 aliphatic heterocycles. The number of hydrogen-bond acceptors (Lipinski definition) is 4. The van der Waals surface area contributed by atoms with E-state index >= 15 is 0 Å². The van der Waals surface area contributed by atoms with Gasteiger partial charge in [0, 0.05) is 25.7 Å². The smallest absolute Gasteiger partial charge is 0.276 e. The quantitative estimate of drug-likeness (QED) is 0.933. The molecule has 1 aromatic heterocycles. The summed E-state index contributed by atoms with van der Waals surface area (Å²) in [4.78, 5) is 14.5. The van der Waals surface area contributed by atoms with Gasteiger partial charge in [-0.3, -0.25) is 9.48 Å². The molecule has 0 bridgehead atoms. The highest BCUT2D eigenvalue weighted by molar-refractivity contribution is 5.92. The van der Waals surface area contributed by atoms with E-state index in [9.17, 15) is 4.79 Å². The summed E-state index contributed by atoms with van der Waals surface area (Å²) in [5.41, 5.74) is 2.89. The van der Waals surface area contributed by atoms with Crippen molar-refractivity contribution in [1.82, 2.24) is 25.2 Å². The lowest BCUT2D eigenvalue weighted by Crippen LogP contribution is -2.34. The third-order valence-electron chi connectivity index (χ3n) is 5.00. The Morgan fingerprint density at radius 1 is 1.21 bits per heavy atom. The Balaban J connectivity index is 1.35. The van der Waals surface area contributed by atoms with Gasteiger partial charge in [0.25, 0.3) is 5.91 Å². The van der Waals surface area contributed by atoms with Gasteiger partial charge in [-0.1, -0.05) is 35.9 Å². The Labute approximate surface area is 141 Å². The highest BCUT2D eigenvalue weighted by atomic mass is 16.2. The summed E-state index contributed by atoms with van der Waals surface area (Å²) in [5.74, 6) is -0.0340. The van der Waals surface area contributed by atoms with E-state index in [1.807, 2.05) is 17.0 Å². The molecule has 126 valence electrons. The summed E-state index contributed by atoms with van der Waals surface area (Å²) in [5, 5.41) is 11.8. The zero-order valence-corrected chi connectivity index (χ0v) is 13.8. The van der Waals surface area contributed by atoms with E-state index < -0.39 is 0 Å². The first-order valence-corrected chi connectivity index (χ1v) is 8.79. The van der Waals surface area contributed by atoms with Crippen LogP contribution in [0.25, 0.3) is 0 Å². The molecule has 1 saturated heterocycles. The zero-order valence-electron chi connectivity index (χ0n) is 13.8. The molecule has 1 amide bonds. The molecule has 0 aliphatic carbocycles. The Morgan fingerprint density at radius 2 is 2.00 bits per heavy atom. The molecule has 0 saturated carbocycles. The fourth-order valence-corrected chi connectivity index (χ4v) is 3.60. The molecule has 0 spiro atoms. The second-order valence-corrected chi connectivity index (χ2v) is 6.73. The highest BCUT2D eigenvalue weighted by Gasteiger charge is 2.25. The summed E-state index contributed by atoms with van der Waals surface area (Å²) < 4.78 is 1.80. The van der Waals surface area contributed by atoms with Crippen LogP contribution < -0.4 is 5.32 Å². The highest BCUT2D eigenvalue weighted by Crippen LogP contribution is 2.23. The predicted molar refractivity (Wildman–Crippen MR) is 90.3 cm³/mol. The third-order valence-corrected chi connectivity index (χ3v) is 5.00. The van der Waals surface area contributed by atoms with E-state index in [4.69, 9.17) is 0 Å². The average molecular weight is 325 g/mol. The summed E-state index contributed by atoms with van der Waals surface area (Å²) >= 11 is 0. The summed E-state index contributed by atoms with van der Waals surface area (Å²) in [6.07, 6.45) is 6.62. The van der Waals surface area contributed by atoms with Crippen LogP contribution in [0.2, 0.25) is 0 Å². The van der Waals surface area contributed by atoms with Crippen LogP contribution in [-0.4, -0.2) is 38.4 Å². The molecule has 24 heavy (non-hydrogen) atoms. The van der Waals surface area contributed by atoms with Crippen molar-refractivity contribution >= 4 is 5.91 Å². The van der Waals surface area contributed by atoms with Crippen LogP contribution in [0.15, 0.2) is 30.5 Å². The van der Waals surface area contributed by atoms with Crippen molar-refractivity contribution in [3.05, 3.63) is 47.3 Å². The molecule has 1 fully saturated rings. The number of carbonyl (C=O) groups excluding carboxylic acids is 1. The maximum absolute atomic E-state index is 12.6. The van der Waals surface area contributed by atoms with E-state index in [0.717, 1.165) is 19.5 Å². The van der Waals surface area contributed by atoms with Gasteiger partial charge >= 0.3 is 0 Å². The number of benzene rings is 1. The third kappa shape index (κ3) is 3.19. The van der Waals surface area contributed by atoms with Gasteiger partial charge in [-0.25, -0.2) is 0 Å². The van der Waals surface area contributed by atoms with Gasteiger partial charge in [0.2, 0.25) is 0 Å². The van der Waals surface area contributed by atoms with Gasteiger partial charge in [-0.2, -0.15) is 0 Å². The van der Waals surface area contributed by atoms with Crippen LogP contribution in [0.4, 0.5) is 0 Å². The number of nitrogens with one attached hydrogen (secondary N) is 1. The van der Waals surface area contributed by atoms with Crippen molar-refractivity contribution in [3.8, 4) is 0 Å². The van der Waals surface area contributed by atoms with Crippen molar-refractivity contribution in [2.75, 3.05) is 6.54 Å². The normalized spacial score (nSPS) is 20.2. The molecule has 6 nitrogen and oxygen atoms in total. The minimum atomic E-state index is -0.0340. The van der Waals surface area contributed by atoms with Crippen molar-refractivity contribution in [1.29, 1.82) is 0 Å². The monoisotopic (exact) mass is 325 g/mol. The number of carbonyl (C=O) groups is 1. The molecular formula is C18H23N5O. The van der Waals surface area contributed by atoms with Gasteiger partial charge in [-0.05, 0) is 36.9 Å². The van der Waals surface area contributed by atoms with Gasteiger partial charge in [0.1, 0.15) is 0 Å². The molecule has 1 atom stereocenters. The first-order chi connectivity index (χ1) is 11.8. The molecule has 6 heteroatoms. The molecule has 1 unspecified atom stereocenters. The Morgan fingerprint density at radius 3 is 2.71 bits per heavy atom. The van der Waals surface area contributed by atoms with E-state index in [0.29, 0.717) is 24.8 Å². The van der Waals surface area contributed by atoms with Crippen LogP contribution in [-0.2, 0) is 19.6 Å². The van der Waals surface area contributed by atoms with E-state index in [-0.39, 0.29) is 5.91 Å². The second-order valence-electron chi connectivity index (χ2n) is 6.73. The predicted octanol–water partition coefficient (Wildman–Crippen LogP) is 1.97. The largest absolute Gasteiger partial charge is 0.329 e. The average Bonchev–Trinajstić information content (AvgIpc) is 3.27. The minimum Gasteiger partial charge on any atom is -0.329 e. The summed E-state index contributed by atoms with van der Waals surface area (Å²) in [6.45, 7) is 3.24. The molecular weight excluding hydrogens is 302 g/mol. The second kappa shape index (κ2) is 6.73. The molecule has 3 heterocycles. The van der Waals surface area contributed by atoms with Crippen LogP contribution in [0.3, 0.4) is 0 Å². The lowest BCUT2D eigenvalue weighted by Gasteiger charge is -2.23. The van der Waals surface area contributed by atoms with Crippen molar-refractivity contribution < 1.29 is 4.79 Å². The van der Waals surface area contributed by atoms with Crippen LogP contribution in [0, 0.1) is 0 Å². The zero-order chi connectivity index (χ0) is 16.4. The van der Waals surface area contributed by atoms with Crippen molar-refractivity contribution in [3.63, 3.8) is 0 Å². The maximum Gasteiger partial charge on any atom is 0.276 e. The first-order valence-electron chi connectivity index (χ1n) is 8.79. The molecule has 0 radical (unpaired) electrons. The fourth-order valence-electron chi connectivity index (χ4n) is 3.60. The Hall–Kier alpha value is -2.21. The number of piperidine rings is 1. The van der Waals surface area contributed by atoms with Gasteiger partial charge < -0.3 is 10.2 Å². The minimum absolute atomic E-state index is 0.0340. The van der Waals surface area contributed by atoms with Crippen molar-refractivity contribution in [2.24, 2.45) is 0 Å². The molecule has 1 aromatic carbocycles. The molecule has 4 rings (SSSR count). The van der Waals surface area contributed by atoms with E-state index in [1.165, 1.54) is 30.4 Å². The number of rotatable bonds is 4. The Kier molecular flexibility index (Phi) is 4.30. The first kappa shape index (κ1) is 15.3. The number of aromatic nitrogens is 3. The number of nitrogens with zero attached hydrogens (tertiary/aromatic N) is 4. The molecule has 2 aliphatic rings. The lowest BCUT2D eigenvalue weighted by atomic mass is 10.0. The maximum atomic E-state index is 12.6. The molecule has 1 N–H and O–H groups in total. The Bertz CT molecular complexity index is 695. The SMILES string of the molecule is O=C(c1cn(CCC2CCCCN2)nn1)N1Cc2ccccc2C1. The van der Waals surface area contributed by atoms with Gasteiger partial charge in [0.05, 0.1) is 6.20 Å². The molecule has 2 aromatic rings. The van der Waals surface area contributed by atoms with Crippen LogP contribution in [0.1, 0.15) is 47.3 Å². The number of amides is 1. The number of hydrogen-bond donors (Lipinski definition) is 1. The van der Waals surface area contributed by atoms with Crippen molar-refractivity contribution in [2.45, 2.75) is 51.4 Å². The van der Waals surface area contributed by atoms with Gasteiger partial charge in [0.15, 0.2) is 5.69 Å². The van der Waals surface area contributed by atoms with E-state index in [1.54, 1.807) is 10.9 Å². The van der Waals surface area contributed by atoms with Crippen LogP contribution in [0.5, 0.6) is 0 Å². The standard InChI is InChI=1S/C18H23N5O/c24-18(22-11-14-5-1-2-6-15(14)12-22)17-13-23(21-20-17)10-8-16-7-3-4-9-19-16/h1-2,5-6,13,16,19H,3-4,7-12H2. The topological polar surface area (TPSA) is 63.1 Å². The lowest BCUT2D eigenvalue weighted by molar-refractivity contribution is 0.0745. The summed E-state index contributed by atoms with van der Waals surface area (Å²) in [7, 11) is 0. The van der Waals surface area contributed by atoms with Crippen LogP contribution >= 0.6 is 0 Å². The van der Waals surface area contributed by atoms with E-state index in [2.05, 4.69) is 27.8 Å². The summed E-state index contributed by atoms with van der Waals surface area (Å²) in [6, 6.07) is 8.76. The fraction of sp³-hybridized carbons (Fsp3) is 0.500. The van der Waals surface area contributed by atoms with Gasteiger partial charge in [-0.15, -0.1) is 5.10 Å². The number of fused-ring (bicyclic) bond motifs is 1.